The molecule has 0 heterocycles. The predicted molar refractivity (Wildman–Crippen MR) is 80.0 cm³/mol. The van der Waals surface area contributed by atoms with Gasteiger partial charge in [-0.1, -0.05) is 24.3 Å². The molecule has 2 aromatic rings. The van der Waals surface area contributed by atoms with Crippen molar-refractivity contribution < 1.29 is 27.1 Å². The molecule has 0 unspecified atom stereocenters. The van der Waals surface area contributed by atoms with Crippen LogP contribution in [0.2, 0.25) is 0 Å². The Hall–Kier alpha value is -2.77. The fourth-order valence-corrected chi connectivity index (χ4v) is 1.86. The van der Waals surface area contributed by atoms with Crippen LogP contribution >= 0.6 is 0 Å². The molecule has 0 atom stereocenters. The second-order valence-electron chi connectivity index (χ2n) is 4.88. The highest BCUT2D eigenvalue weighted by molar-refractivity contribution is 5.98. The number of carbonyl (C=O) groups is 1. The minimum atomic E-state index is -4.55. The van der Waals surface area contributed by atoms with E-state index in [4.69, 9.17) is 5.73 Å². The summed E-state index contributed by atoms with van der Waals surface area (Å²) >= 11 is 0. The van der Waals surface area contributed by atoms with Gasteiger partial charge in [0.25, 0.3) is 5.91 Å². The maximum Gasteiger partial charge on any atom is 0.461 e. The molecule has 0 saturated heterocycles. The lowest BCUT2D eigenvalue weighted by Gasteiger charge is -2.16. The summed E-state index contributed by atoms with van der Waals surface area (Å²) in [5.41, 5.74) is 6.90. The molecule has 0 aromatic heterocycles. The number of nitrogen functional groups attached to an aromatic ring is 1. The first-order chi connectivity index (χ1) is 11.3. The van der Waals surface area contributed by atoms with Crippen molar-refractivity contribution in [3.63, 3.8) is 0 Å². The van der Waals surface area contributed by atoms with Crippen LogP contribution in [-0.4, -0.2) is 18.4 Å². The number of hydrogen-bond donors (Lipinski definition) is 2. The van der Waals surface area contributed by atoms with Crippen LogP contribution in [0.4, 0.5) is 23.2 Å². The monoisotopic (exact) mass is 342 g/mol. The molecule has 0 spiro atoms. The Morgan fingerprint density at radius 2 is 1.75 bits per heavy atom. The van der Waals surface area contributed by atoms with Crippen molar-refractivity contribution in [2.24, 2.45) is 0 Å². The predicted octanol–water partition coefficient (Wildman–Crippen LogP) is 3.44. The fourth-order valence-electron chi connectivity index (χ4n) is 1.86. The Kier molecular flexibility index (Phi) is 5.28. The average Bonchev–Trinajstić information content (AvgIpc) is 2.54. The van der Waals surface area contributed by atoms with Crippen LogP contribution in [0.5, 0.6) is 5.75 Å². The van der Waals surface area contributed by atoms with Gasteiger partial charge in [-0.3, -0.25) is 4.79 Å². The van der Waals surface area contributed by atoms with E-state index in [0.717, 1.165) is 12.1 Å². The van der Waals surface area contributed by atoms with E-state index >= 15 is 0 Å². The Morgan fingerprint density at radius 1 is 1.12 bits per heavy atom. The number of hydrogen-bond acceptors (Lipinski definition) is 3. The first kappa shape index (κ1) is 17.6. The molecule has 0 aliphatic carbocycles. The second kappa shape index (κ2) is 7.20. The Balaban J connectivity index is 1.95. The van der Waals surface area contributed by atoms with E-state index in [2.05, 4.69) is 10.1 Å². The van der Waals surface area contributed by atoms with E-state index in [1.165, 1.54) is 12.1 Å². The normalized spacial score (nSPS) is 11.4. The minimum Gasteiger partial charge on any atom is -0.428 e. The fraction of sp³-hybridized carbons (Fsp3) is 0.188. The maximum atomic E-state index is 12.8. The summed E-state index contributed by atoms with van der Waals surface area (Å²) in [5, 5.41) is 2.61. The standard InChI is InChI=1S/C16H14F4N2O2/c17-15(18)16(19,20)24-11-7-5-10(6-8-11)9-22-14(23)12-3-1-2-4-13(12)21/h1-8,15H,9,21H2,(H,22,23). The van der Waals surface area contributed by atoms with E-state index in [1.807, 2.05) is 0 Å². The number of rotatable bonds is 6. The van der Waals surface area contributed by atoms with E-state index in [0.29, 0.717) is 16.8 Å². The van der Waals surface area contributed by atoms with Gasteiger partial charge in [0.1, 0.15) is 5.75 Å². The molecule has 2 rings (SSSR count). The van der Waals surface area contributed by atoms with Gasteiger partial charge in [-0.15, -0.1) is 0 Å². The zero-order chi connectivity index (χ0) is 17.7. The summed E-state index contributed by atoms with van der Waals surface area (Å²) in [7, 11) is 0. The largest absolute Gasteiger partial charge is 0.461 e. The smallest absolute Gasteiger partial charge is 0.428 e. The molecule has 4 nitrogen and oxygen atoms in total. The Bertz CT molecular complexity index is 705. The molecule has 0 bridgehead atoms. The highest BCUT2D eigenvalue weighted by atomic mass is 19.3. The molecule has 8 heteroatoms. The number of anilines is 1. The van der Waals surface area contributed by atoms with Gasteiger partial charge in [-0.2, -0.15) is 17.6 Å². The number of nitrogens with two attached hydrogens (primary N) is 1. The summed E-state index contributed by atoms with van der Waals surface area (Å²) < 4.78 is 53.6. The van der Waals surface area contributed by atoms with Crippen molar-refractivity contribution in [3.05, 3.63) is 59.7 Å². The van der Waals surface area contributed by atoms with Gasteiger partial charge in [0, 0.05) is 12.2 Å². The van der Waals surface area contributed by atoms with Gasteiger partial charge in [0.15, 0.2) is 0 Å². The quantitative estimate of drug-likeness (QED) is 0.624. The van der Waals surface area contributed by atoms with Gasteiger partial charge >= 0.3 is 12.5 Å². The van der Waals surface area contributed by atoms with Crippen LogP contribution in [-0.2, 0) is 6.54 Å². The highest BCUT2D eigenvalue weighted by Gasteiger charge is 2.43. The number of carbonyl (C=O) groups excluding carboxylic acids is 1. The van der Waals surface area contributed by atoms with Crippen LogP contribution in [0, 0.1) is 0 Å². The molecule has 1 amide bonds. The summed E-state index contributed by atoms with van der Waals surface area (Å²) in [6.45, 7) is 0.110. The van der Waals surface area contributed by atoms with E-state index in [1.54, 1.807) is 24.3 Å². The van der Waals surface area contributed by atoms with E-state index < -0.39 is 24.2 Å². The first-order valence-corrected chi connectivity index (χ1v) is 6.86. The molecule has 0 fully saturated rings. The molecule has 0 radical (unpaired) electrons. The molecule has 0 aliphatic heterocycles. The maximum absolute atomic E-state index is 12.8. The van der Waals surface area contributed by atoms with Crippen molar-refractivity contribution >= 4 is 11.6 Å². The number of alkyl halides is 4. The SMILES string of the molecule is Nc1ccccc1C(=O)NCc1ccc(OC(F)(F)C(F)F)cc1. The molecule has 0 saturated carbocycles. The van der Waals surface area contributed by atoms with Crippen LogP contribution < -0.4 is 15.8 Å². The summed E-state index contributed by atoms with van der Waals surface area (Å²) in [6.07, 6.45) is -8.48. The average molecular weight is 342 g/mol. The van der Waals surface area contributed by atoms with Gasteiger partial charge in [0.2, 0.25) is 0 Å². The lowest BCUT2D eigenvalue weighted by molar-refractivity contribution is -0.253. The second-order valence-corrected chi connectivity index (χ2v) is 4.88. The Morgan fingerprint density at radius 3 is 2.33 bits per heavy atom. The topological polar surface area (TPSA) is 64.4 Å². The molecule has 24 heavy (non-hydrogen) atoms. The van der Waals surface area contributed by atoms with Crippen molar-refractivity contribution in [2.75, 3.05) is 5.73 Å². The summed E-state index contributed by atoms with van der Waals surface area (Å²) in [6, 6.07) is 11.5. The molecule has 3 N–H and O–H groups in total. The van der Waals surface area contributed by atoms with Gasteiger partial charge in [-0.25, -0.2) is 0 Å². The summed E-state index contributed by atoms with van der Waals surface area (Å²) in [4.78, 5) is 12.0. The lowest BCUT2D eigenvalue weighted by Crippen LogP contribution is -2.33. The minimum absolute atomic E-state index is 0.110. The molecule has 2 aromatic carbocycles. The highest BCUT2D eigenvalue weighted by Crippen LogP contribution is 2.27. The van der Waals surface area contributed by atoms with Crippen LogP contribution in [0.25, 0.3) is 0 Å². The lowest BCUT2D eigenvalue weighted by atomic mass is 10.1. The molecule has 128 valence electrons. The van der Waals surface area contributed by atoms with Gasteiger partial charge in [-0.05, 0) is 29.8 Å². The zero-order valence-electron chi connectivity index (χ0n) is 12.3. The van der Waals surface area contributed by atoms with E-state index in [-0.39, 0.29) is 6.54 Å². The van der Waals surface area contributed by atoms with Crippen molar-refractivity contribution in [2.45, 2.75) is 19.1 Å². The third-order valence-corrected chi connectivity index (χ3v) is 3.09. The van der Waals surface area contributed by atoms with Crippen molar-refractivity contribution in [1.82, 2.24) is 5.32 Å². The number of benzene rings is 2. The van der Waals surface area contributed by atoms with Crippen LogP contribution in [0.15, 0.2) is 48.5 Å². The molecule has 0 aliphatic rings. The van der Waals surface area contributed by atoms with Crippen LogP contribution in [0.3, 0.4) is 0 Å². The van der Waals surface area contributed by atoms with Gasteiger partial charge in [0.05, 0.1) is 5.56 Å². The zero-order valence-corrected chi connectivity index (χ0v) is 12.3. The first-order valence-electron chi connectivity index (χ1n) is 6.86. The number of ether oxygens (including phenoxy) is 1. The Labute approximate surface area is 135 Å². The van der Waals surface area contributed by atoms with Gasteiger partial charge < -0.3 is 15.8 Å². The summed E-state index contributed by atoms with van der Waals surface area (Å²) in [5.74, 6) is -0.791. The third kappa shape index (κ3) is 4.37. The number of para-hydroxylation sites is 1. The third-order valence-electron chi connectivity index (χ3n) is 3.09. The van der Waals surface area contributed by atoms with Crippen molar-refractivity contribution in [3.8, 4) is 5.75 Å². The molecular formula is C16H14F4N2O2. The molecular weight excluding hydrogens is 328 g/mol. The van der Waals surface area contributed by atoms with E-state index in [9.17, 15) is 22.4 Å². The number of nitrogens with one attached hydrogen (secondary N) is 1. The van der Waals surface area contributed by atoms with Crippen molar-refractivity contribution in [1.29, 1.82) is 0 Å². The number of amides is 1. The number of halogens is 4. The van der Waals surface area contributed by atoms with Crippen LogP contribution in [0.1, 0.15) is 15.9 Å².